The highest BCUT2D eigenvalue weighted by Gasteiger charge is 2.31. The Morgan fingerprint density at radius 1 is 1.25 bits per heavy atom. The molecule has 1 rings (SSSR count). The monoisotopic (exact) mass is 311 g/mol. The van der Waals surface area contributed by atoms with Gasteiger partial charge in [-0.3, -0.25) is 0 Å². The van der Waals surface area contributed by atoms with Crippen molar-refractivity contribution in [2.75, 3.05) is 17.7 Å². The fraction of sp³-hybridized carbons (Fsp3) is 0.571. The lowest BCUT2D eigenvalue weighted by atomic mass is 10.0. The van der Waals surface area contributed by atoms with Crippen LogP contribution in [0.1, 0.15) is 31.7 Å². The highest BCUT2D eigenvalue weighted by Crippen LogP contribution is 2.31. The van der Waals surface area contributed by atoms with Gasteiger partial charge in [-0.15, -0.1) is 11.6 Å². The van der Waals surface area contributed by atoms with Gasteiger partial charge in [0.15, 0.2) is 0 Å². The van der Waals surface area contributed by atoms with Crippen LogP contribution >= 0.6 is 11.6 Å². The molecule has 1 nitrogen and oxygen atoms in total. The Bertz CT molecular complexity index is 414. The minimum absolute atomic E-state index is 0.0914. The summed E-state index contributed by atoms with van der Waals surface area (Å²) < 4.78 is 50.9. The zero-order chi connectivity index (χ0) is 15.2. The molecule has 0 spiro atoms. The average Bonchev–Trinajstić information content (AvgIpc) is 2.36. The lowest BCUT2D eigenvalue weighted by molar-refractivity contribution is -0.137. The Morgan fingerprint density at radius 3 is 2.45 bits per heavy atom. The van der Waals surface area contributed by atoms with Crippen LogP contribution in [0, 0.1) is 11.7 Å². The van der Waals surface area contributed by atoms with Crippen LogP contribution in [0.3, 0.4) is 0 Å². The first-order valence-electron chi connectivity index (χ1n) is 6.55. The van der Waals surface area contributed by atoms with E-state index in [9.17, 15) is 17.6 Å². The standard InChI is InChI=1S/C14H18ClF4N/c1-2-3-10(6-7-15)9-20-13-5-4-11(8-12(13)16)14(17,18)19/h4-5,8,10,20H,2-3,6-7,9H2,1H3. The van der Waals surface area contributed by atoms with Crippen molar-refractivity contribution in [2.45, 2.75) is 32.4 Å². The normalized spacial score (nSPS) is 13.3. The third-order valence-electron chi connectivity index (χ3n) is 3.09. The number of rotatable bonds is 7. The summed E-state index contributed by atoms with van der Waals surface area (Å²) in [5, 5.41) is 2.86. The summed E-state index contributed by atoms with van der Waals surface area (Å²) in [6, 6.07) is 2.52. The van der Waals surface area contributed by atoms with Crippen LogP contribution < -0.4 is 5.32 Å². The second-order valence-corrected chi connectivity index (χ2v) is 5.08. The molecule has 0 fully saturated rings. The van der Waals surface area contributed by atoms with Gasteiger partial charge in [0.25, 0.3) is 0 Å². The number of halogens is 5. The maximum atomic E-state index is 13.6. The van der Waals surface area contributed by atoms with Gasteiger partial charge in [-0.2, -0.15) is 13.2 Å². The van der Waals surface area contributed by atoms with Gasteiger partial charge in [-0.25, -0.2) is 4.39 Å². The van der Waals surface area contributed by atoms with Crippen LogP contribution in [0.2, 0.25) is 0 Å². The third kappa shape index (κ3) is 5.19. The Hall–Kier alpha value is -0.970. The molecule has 0 radical (unpaired) electrons. The van der Waals surface area contributed by atoms with Gasteiger partial charge in [0.05, 0.1) is 11.3 Å². The first-order valence-corrected chi connectivity index (χ1v) is 7.08. The number of hydrogen-bond acceptors (Lipinski definition) is 1. The average molecular weight is 312 g/mol. The molecule has 0 saturated carbocycles. The summed E-state index contributed by atoms with van der Waals surface area (Å²) in [4.78, 5) is 0. The number of hydrogen-bond donors (Lipinski definition) is 1. The molecular formula is C14H18ClF4N. The van der Waals surface area contributed by atoms with Crippen molar-refractivity contribution in [3.05, 3.63) is 29.6 Å². The van der Waals surface area contributed by atoms with Gasteiger partial charge in [0.2, 0.25) is 0 Å². The van der Waals surface area contributed by atoms with Gasteiger partial charge >= 0.3 is 6.18 Å². The fourth-order valence-electron chi connectivity index (χ4n) is 2.00. The Kier molecular flexibility index (Phi) is 6.59. The maximum absolute atomic E-state index is 13.6. The predicted octanol–water partition coefficient (Wildman–Crippen LogP) is 5.30. The summed E-state index contributed by atoms with van der Waals surface area (Å²) in [5.74, 6) is -0.0814. The Labute approximate surface area is 121 Å². The van der Waals surface area contributed by atoms with Crippen LogP contribution in [0.15, 0.2) is 18.2 Å². The molecule has 1 atom stereocenters. The van der Waals surface area contributed by atoms with E-state index in [1.165, 1.54) is 0 Å². The number of anilines is 1. The first kappa shape index (κ1) is 17.1. The van der Waals surface area contributed by atoms with E-state index in [2.05, 4.69) is 5.32 Å². The molecule has 0 aliphatic carbocycles. The second-order valence-electron chi connectivity index (χ2n) is 4.71. The van der Waals surface area contributed by atoms with Crippen molar-refractivity contribution in [1.29, 1.82) is 0 Å². The molecule has 0 aromatic heterocycles. The zero-order valence-electron chi connectivity index (χ0n) is 11.2. The molecular weight excluding hydrogens is 294 g/mol. The zero-order valence-corrected chi connectivity index (χ0v) is 12.0. The topological polar surface area (TPSA) is 12.0 Å². The van der Waals surface area contributed by atoms with E-state index in [0.717, 1.165) is 31.4 Å². The molecule has 0 heterocycles. The van der Waals surface area contributed by atoms with E-state index in [0.29, 0.717) is 24.4 Å². The van der Waals surface area contributed by atoms with E-state index in [-0.39, 0.29) is 5.69 Å². The Morgan fingerprint density at radius 2 is 1.95 bits per heavy atom. The quantitative estimate of drug-likeness (QED) is 0.532. The lowest BCUT2D eigenvalue weighted by Crippen LogP contribution is -2.16. The molecule has 1 unspecified atom stereocenters. The molecule has 0 saturated heterocycles. The summed E-state index contributed by atoms with van der Waals surface area (Å²) >= 11 is 5.69. The SMILES string of the molecule is CCCC(CCCl)CNc1ccc(C(F)(F)F)cc1F. The molecule has 1 N–H and O–H groups in total. The van der Waals surface area contributed by atoms with Crippen LogP contribution in [0.25, 0.3) is 0 Å². The van der Waals surface area contributed by atoms with Crippen molar-refractivity contribution in [3.63, 3.8) is 0 Å². The fourth-order valence-corrected chi connectivity index (χ4v) is 2.31. The Balaban J connectivity index is 2.68. The van der Waals surface area contributed by atoms with Crippen LogP contribution in [0.4, 0.5) is 23.2 Å². The third-order valence-corrected chi connectivity index (χ3v) is 3.31. The molecule has 0 aliphatic heterocycles. The van der Waals surface area contributed by atoms with Gasteiger partial charge in [0, 0.05) is 12.4 Å². The van der Waals surface area contributed by atoms with Crippen molar-refractivity contribution < 1.29 is 17.6 Å². The maximum Gasteiger partial charge on any atom is 0.416 e. The van der Waals surface area contributed by atoms with Crippen molar-refractivity contribution in [3.8, 4) is 0 Å². The van der Waals surface area contributed by atoms with Gasteiger partial charge in [-0.05, 0) is 37.0 Å². The number of benzene rings is 1. The minimum Gasteiger partial charge on any atom is -0.382 e. The first-order chi connectivity index (χ1) is 9.38. The minimum atomic E-state index is -4.53. The smallest absolute Gasteiger partial charge is 0.382 e. The van der Waals surface area contributed by atoms with Gasteiger partial charge in [0.1, 0.15) is 5.82 Å². The van der Waals surface area contributed by atoms with E-state index < -0.39 is 17.6 Å². The molecule has 20 heavy (non-hydrogen) atoms. The predicted molar refractivity (Wildman–Crippen MR) is 73.6 cm³/mol. The second kappa shape index (κ2) is 7.72. The summed E-state index contributed by atoms with van der Waals surface area (Å²) in [6.45, 7) is 2.54. The largest absolute Gasteiger partial charge is 0.416 e. The highest BCUT2D eigenvalue weighted by molar-refractivity contribution is 6.17. The van der Waals surface area contributed by atoms with Crippen LogP contribution in [0.5, 0.6) is 0 Å². The highest BCUT2D eigenvalue weighted by atomic mass is 35.5. The molecule has 0 amide bonds. The number of alkyl halides is 4. The lowest BCUT2D eigenvalue weighted by Gasteiger charge is -2.17. The van der Waals surface area contributed by atoms with Gasteiger partial charge in [-0.1, -0.05) is 13.3 Å². The summed E-state index contributed by atoms with van der Waals surface area (Å²) in [5.41, 5.74) is -0.889. The molecule has 0 aliphatic rings. The van der Waals surface area contributed by atoms with E-state index in [1.54, 1.807) is 0 Å². The van der Waals surface area contributed by atoms with Crippen molar-refractivity contribution in [1.82, 2.24) is 0 Å². The molecule has 6 heteroatoms. The van der Waals surface area contributed by atoms with E-state index >= 15 is 0 Å². The molecule has 114 valence electrons. The molecule has 0 bridgehead atoms. The number of nitrogens with one attached hydrogen (secondary N) is 1. The molecule has 1 aromatic rings. The van der Waals surface area contributed by atoms with Crippen molar-refractivity contribution in [2.24, 2.45) is 5.92 Å². The van der Waals surface area contributed by atoms with E-state index in [1.807, 2.05) is 6.92 Å². The van der Waals surface area contributed by atoms with Gasteiger partial charge < -0.3 is 5.32 Å². The van der Waals surface area contributed by atoms with Crippen LogP contribution in [-0.4, -0.2) is 12.4 Å². The summed E-state index contributed by atoms with van der Waals surface area (Å²) in [6.07, 6.45) is -1.80. The van der Waals surface area contributed by atoms with E-state index in [4.69, 9.17) is 11.6 Å². The molecule has 1 aromatic carbocycles. The van der Waals surface area contributed by atoms with Crippen molar-refractivity contribution >= 4 is 17.3 Å². The summed E-state index contributed by atoms with van der Waals surface area (Å²) in [7, 11) is 0. The van der Waals surface area contributed by atoms with Crippen LogP contribution in [-0.2, 0) is 6.18 Å².